The van der Waals surface area contributed by atoms with Crippen LogP contribution in [0.2, 0.25) is 0 Å². The van der Waals surface area contributed by atoms with Gasteiger partial charge in [0.05, 0.1) is 6.33 Å². The second-order valence-electron chi connectivity index (χ2n) is 12.7. The minimum atomic E-state index is -0.164. The number of anilines is 2. The van der Waals surface area contributed by atoms with Crippen LogP contribution in [0.25, 0.3) is 11.2 Å². The summed E-state index contributed by atoms with van der Waals surface area (Å²) in [4.78, 5) is 34.5. The van der Waals surface area contributed by atoms with Crippen molar-refractivity contribution in [1.29, 1.82) is 0 Å². The predicted molar refractivity (Wildman–Crippen MR) is 166 cm³/mol. The Hall–Kier alpha value is -3.28. The number of likely N-dealkylation sites (tertiary alicyclic amines) is 1. The Morgan fingerprint density at radius 1 is 0.929 bits per heavy atom. The number of nitrogens with two attached hydrogens (primary N) is 1. The maximum absolute atomic E-state index is 13.5. The van der Waals surface area contributed by atoms with Gasteiger partial charge in [0, 0.05) is 58.4 Å². The lowest BCUT2D eigenvalue weighted by Crippen LogP contribution is -2.48. The fourth-order valence-electron chi connectivity index (χ4n) is 6.78. The average Bonchev–Trinajstić information content (AvgIpc) is 3.64. The lowest BCUT2D eigenvalue weighted by molar-refractivity contribution is 0.0946. The monoisotopic (exact) mass is 574 g/mol. The number of amides is 1. The van der Waals surface area contributed by atoms with Crippen LogP contribution in [0.3, 0.4) is 0 Å². The van der Waals surface area contributed by atoms with Gasteiger partial charge in [-0.15, -0.1) is 0 Å². The van der Waals surface area contributed by atoms with E-state index >= 15 is 0 Å². The summed E-state index contributed by atoms with van der Waals surface area (Å²) in [5.41, 5.74) is 12.3. The van der Waals surface area contributed by atoms with E-state index in [1.54, 1.807) is 6.33 Å². The molecule has 2 saturated heterocycles. The van der Waals surface area contributed by atoms with E-state index in [1.807, 2.05) is 28.8 Å². The fourth-order valence-corrected chi connectivity index (χ4v) is 6.78. The number of benzene rings is 1. The molecule has 3 aliphatic rings. The summed E-state index contributed by atoms with van der Waals surface area (Å²) in [6.45, 7) is 9.76. The van der Waals surface area contributed by atoms with Crippen LogP contribution in [0.4, 0.5) is 11.8 Å². The van der Waals surface area contributed by atoms with Crippen LogP contribution in [-0.2, 0) is 13.6 Å². The summed E-state index contributed by atoms with van der Waals surface area (Å²) in [7, 11) is 4.11. The van der Waals surface area contributed by atoms with Gasteiger partial charge in [0.1, 0.15) is 0 Å². The van der Waals surface area contributed by atoms with Crippen molar-refractivity contribution in [1.82, 2.24) is 39.6 Å². The Labute approximate surface area is 249 Å². The van der Waals surface area contributed by atoms with Crippen molar-refractivity contribution in [2.45, 2.75) is 45.1 Å². The molecule has 2 aliphatic heterocycles. The number of carbonyl (C=O) groups excluding carboxylic acids is 1. The molecular formula is C31H46N10O. The van der Waals surface area contributed by atoms with E-state index in [4.69, 9.17) is 5.73 Å². The number of imidazole rings is 1. The van der Waals surface area contributed by atoms with Crippen LogP contribution in [0.15, 0.2) is 30.6 Å². The highest BCUT2D eigenvalue weighted by Crippen LogP contribution is 2.29. The van der Waals surface area contributed by atoms with Gasteiger partial charge in [-0.3, -0.25) is 20.1 Å². The molecule has 1 saturated carbocycles. The molecule has 0 spiro atoms. The number of hydrogen-bond donors (Lipinski definition) is 2. The molecule has 11 heteroatoms. The van der Waals surface area contributed by atoms with Gasteiger partial charge in [0.2, 0.25) is 5.95 Å². The van der Waals surface area contributed by atoms with Crippen LogP contribution in [-0.4, -0.2) is 99.5 Å². The number of hydrogen-bond acceptors (Lipinski definition) is 9. The molecule has 0 atom stereocenters. The highest BCUT2D eigenvalue weighted by atomic mass is 16.2. The minimum Gasteiger partial charge on any atom is -0.368 e. The minimum absolute atomic E-state index is 0.164. The maximum atomic E-state index is 13.5. The number of nitrogen functional groups attached to an aromatic ring is 1. The lowest BCUT2D eigenvalue weighted by Gasteiger charge is -2.38. The van der Waals surface area contributed by atoms with Gasteiger partial charge in [-0.25, -0.2) is 4.98 Å². The van der Waals surface area contributed by atoms with Gasteiger partial charge < -0.3 is 20.1 Å². The molecule has 0 radical (unpaired) electrons. The number of piperazine rings is 1. The number of rotatable bonds is 9. The van der Waals surface area contributed by atoms with E-state index in [0.717, 1.165) is 51.5 Å². The van der Waals surface area contributed by atoms with E-state index in [1.165, 1.54) is 50.9 Å². The van der Waals surface area contributed by atoms with Crippen LogP contribution >= 0.6 is 0 Å². The quantitative estimate of drug-likeness (QED) is 0.373. The Bertz CT molecular complexity index is 1340. The van der Waals surface area contributed by atoms with Crippen LogP contribution in [0, 0.1) is 11.8 Å². The van der Waals surface area contributed by atoms with Gasteiger partial charge in [0.15, 0.2) is 17.0 Å². The summed E-state index contributed by atoms with van der Waals surface area (Å²) in [6, 6.07) is 8.03. The number of hydrazine groups is 1. The highest BCUT2D eigenvalue weighted by molar-refractivity contribution is 5.96. The zero-order valence-electron chi connectivity index (χ0n) is 25.2. The second-order valence-corrected chi connectivity index (χ2v) is 12.7. The second kappa shape index (κ2) is 12.9. The first-order valence-corrected chi connectivity index (χ1v) is 15.7. The first kappa shape index (κ1) is 28.8. The van der Waals surface area contributed by atoms with Crippen molar-refractivity contribution < 1.29 is 4.79 Å². The molecule has 3 fully saturated rings. The third-order valence-corrected chi connectivity index (χ3v) is 9.41. The smallest absolute Gasteiger partial charge is 0.269 e. The van der Waals surface area contributed by atoms with Crippen LogP contribution in [0.5, 0.6) is 0 Å². The van der Waals surface area contributed by atoms with E-state index in [0.29, 0.717) is 35.0 Å². The Balaban J connectivity index is 1.06. The number of piperidine rings is 1. The molecule has 4 heterocycles. The highest BCUT2D eigenvalue weighted by Gasteiger charge is 2.26. The summed E-state index contributed by atoms with van der Waals surface area (Å²) >= 11 is 0. The van der Waals surface area contributed by atoms with Gasteiger partial charge in [0.25, 0.3) is 5.91 Å². The first-order chi connectivity index (χ1) is 20.4. The maximum Gasteiger partial charge on any atom is 0.269 e. The van der Waals surface area contributed by atoms with Crippen molar-refractivity contribution in [2.75, 3.05) is 70.1 Å². The Morgan fingerprint density at radius 3 is 2.33 bits per heavy atom. The molecule has 1 aromatic carbocycles. The third-order valence-electron chi connectivity index (χ3n) is 9.41. The molecule has 0 bridgehead atoms. The van der Waals surface area contributed by atoms with Crippen molar-refractivity contribution >= 4 is 28.8 Å². The molecule has 0 unspecified atom stereocenters. The van der Waals surface area contributed by atoms with Crippen molar-refractivity contribution in [3.05, 3.63) is 41.7 Å². The van der Waals surface area contributed by atoms with Crippen molar-refractivity contribution in [2.24, 2.45) is 18.9 Å². The largest absolute Gasteiger partial charge is 0.368 e. The number of fused-ring (bicyclic) bond motifs is 1. The molecule has 1 amide bonds. The first-order valence-electron chi connectivity index (χ1n) is 15.7. The van der Waals surface area contributed by atoms with E-state index in [9.17, 15) is 4.79 Å². The topological polar surface area (TPSA) is 112 Å². The Kier molecular flexibility index (Phi) is 8.87. The normalized spacial score (nSPS) is 20.0. The predicted octanol–water partition coefficient (Wildman–Crippen LogP) is 2.75. The molecule has 6 rings (SSSR count). The molecular weight excluding hydrogens is 528 g/mol. The summed E-state index contributed by atoms with van der Waals surface area (Å²) in [5, 5.41) is 1.84. The number of aromatic nitrogens is 4. The number of nitrogens with zero attached hydrogens (tertiary/aromatic N) is 8. The lowest BCUT2D eigenvalue weighted by atomic mass is 9.96. The zero-order valence-corrected chi connectivity index (χ0v) is 25.2. The molecule has 1 aliphatic carbocycles. The molecule has 42 heavy (non-hydrogen) atoms. The summed E-state index contributed by atoms with van der Waals surface area (Å²) in [5.74, 6) is 1.88. The van der Waals surface area contributed by atoms with Gasteiger partial charge in [-0.2, -0.15) is 9.97 Å². The van der Waals surface area contributed by atoms with Gasteiger partial charge in [-0.05, 0) is 75.4 Å². The SMILES string of the molecule is CN1CCC(CN2CCN(Cc3ccc(C(=O)NN(CC4CCCC4)c4nc(N)nc5c4ncn5C)cc3)CC2)CC1. The fraction of sp³-hybridized carbons (Fsp3) is 0.613. The van der Waals surface area contributed by atoms with Gasteiger partial charge >= 0.3 is 0 Å². The van der Waals surface area contributed by atoms with E-state index in [-0.39, 0.29) is 11.9 Å². The number of aryl methyl sites for hydroxylation is 1. The summed E-state index contributed by atoms with van der Waals surface area (Å²) < 4.78 is 1.82. The molecule has 226 valence electrons. The number of nitrogens with one attached hydrogen (secondary N) is 1. The molecule has 3 aromatic rings. The summed E-state index contributed by atoms with van der Waals surface area (Å²) in [6.07, 6.45) is 9.06. The molecule has 2 aromatic heterocycles. The third kappa shape index (κ3) is 6.85. The van der Waals surface area contributed by atoms with E-state index < -0.39 is 0 Å². The molecule has 3 N–H and O–H groups in total. The van der Waals surface area contributed by atoms with Crippen LogP contribution < -0.4 is 16.2 Å². The van der Waals surface area contributed by atoms with Crippen molar-refractivity contribution in [3.63, 3.8) is 0 Å². The molecule has 11 nitrogen and oxygen atoms in total. The zero-order chi connectivity index (χ0) is 29.1. The van der Waals surface area contributed by atoms with Crippen LogP contribution in [0.1, 0.15) is 54.4 Å². The van der Waals surface area contributed by atoms with Gasteiger partial charge in [-0.1, -0.05) is 25.0 Å². The Morgan fingerprint density at radius 2 is 1.62 bits per heavy atom. The van der Waals surface area contributed by atoms with Crippen molar-refractivity contribution in [3.8, 4) is 0 Å². The number of carbonyl (C=O) groups is 1. The standard InChI is InChI=1S/C31H46N10O/c1-37-13-11-25(12-14-37)20-40-17-15-39(16-18-40)19-24-7-9-26(10-8-24)30(42)36-41(21-23-5-3-4-6-23)29-27-28(34-31(32)35-29)38(2)22-33-27/h7-10,22-23,25H,3-6,11-21H2,1-2H3,(H,36,42)(H2,32,34,35). The van der Waals surface area contributed by atoms with E-state index in [2.05, 4.69) is 54.3 Å². The average molecular weight is 575 g/mol.